The second kappa shape index (κ2) is 27.8. The monoisotopic (exact) mass is 956 g/mol. The van der Waals surface area contributed by atoms with Crippen LogP contribution in [0, 0.1) is 11.6 Å². The molecule has 0 radical (unpaired) electrons. The summed E-state index contributed by atoms with van der Waals surface area (Å²) in [4.78, 5) is 51.8. The molecule has 0 bridgehead atoms. The Morgan fingerprint density at radius 2 is 0.657 bits per heavy atom. The molecule has 10 nitrogen and oxygen atoms in total. The van der Waals surface area contributed by atoms with Gasteiger partial charge in [-0.15, -0.1) is 0 Å². The first-order chi connectivity index (χ1) is 34.1. The van der Waals surface area contributed by atoms with Crippen molar-refractivity contribution < 1.29 is 56.4 Å². The fourth-order valence-corrected chi connectivity index (χ4v) is 7.64. The lowest BCUT2D eigenvalue weighted by Gasteiger charge is -2.10. The van der Waals surface area contributed by atoms with Gasteiger partial charge < -0.3 is 28.4 Å². The summed E-state index contributed by atoms with van der Waals surface area (Å²) in [7, 11) is 0. The number of carbonyl (C=O) groups is 4. The van der Waals surface area contributed by atoms with Crippen molar-refractivity contribution in [2.45, 2.75) is 117 Å². The molecule has 6 aromatic carbocycles. The third kappa shape index (κ3) is 16.6. The van der Waals surface area contributed by atoms with Gasteiger partial charge in [-0.05, 0) is 133 Å². The lowest BCUT2D eigenvalue weighted by Crippen LogP contribution is -2.11. The van der Waals surface area contributed by atoms with Gasteiger partial charge in [0.2, 0.25) is 0 Å². The van der Waals surface area contributed by atoms with Crippen LogP contribution in [0.4, 0.5) is 8.78 Å². The van der Waals surface area contributed by atoms with Crippen LogP contribution in [-0.2, 0) is 0 Å². The maximum Gasteiger partial charge on any atom is 0.343 e. The Balaban J connectivity index is 0.935. The first-order valence-electron chi connectivity index (χ1n) is 24.6. The van der Waals surface area contributed by atoms with Gasteiger partial charge in [0.25, 0.3) is 0 Å². The molecule has 0 unspecified atom stereocenters. The van der Waals surface area contributed by atoms with Crippen LogP contribution in [0.25, 0.3) is 10.8 Å². The van der Waals surface area contributed by atoms with Gasteiger partial charge in [0.15, 0.2) is 23.1 Å². The van der Waals surface area contributed by atoms with Gasteiger partial charge in [0, 0.05) is 0 Å². The van der Waals surface area contributed by atoms with Crippen LogP contribution in [0.2, 0.25) is 0 Å². The summed E-state index contributed by atoms with van der Waals surface area (Å²) >= 11 is 0. The molecule has 368 valence electrons. The van der Waals surface area contributed by atoms with Gasteiger partial charge in [-0.1, -0.05) is 116 Å². The number of unbranched alkanes of at least 4 members (excludes halogenated alkanes) is 14. The van der Waals surface area contributed by atoms with Crippen molar-refractivity contribution in [3.8, 4) is 34.5 Å². The highest BCUT2D eigenvalue weighted by atomic mass is 19.1. The molecule has 0 aliphatic rings. The molecule has 0 saturated carbocycles. The average molecular weight is 957 g/mol. The Morgan fingerprint density at radius 3 is 1.03 bits per heavy atom. The van der Waals surface area contributed by atoms with E-state index in [-0.39, 0.29) is 56.8 Å². The van der Waals surface area contributed by atoms with Crippen LogP contribution in [0.15, 0.2) is 121 Å². The zero-order valence-electron chi connectivity index (χ0n) is 40.1. The van der Waals surface area contributed by atoms with Gasteiger partial charge in [0.05, 0.1) is 35.5 Å². The molecule has 0 aromatic heterocycles. The molecule has 70 heavy (non-hydrogen) atoms. The zero-order chi connectivity index (χ0) is 49.5. The predicted molar refractivity (Wildman–Crippen MR) is 266 cm³/mol. The van der Waals surface area contributed by atoms with E-state index < -0.39 is 35.5 Å². The summed E-state index contributed by atoms with van der Waals surface area (Å²) in [5.74, 6) is -3.28. The molecule has 6 aromatic rings. The average Bonchev–Trinajstić information content (AvgIpc) is 3.36. The lowest BCUT2D eigenvalue weighted by atomic mass is 10.1. The Labute approximate surface area is 409 Å². The molecule has 6 rings (SSSR count). The number of hydrogen-bond acceptors (Lipinski definition) is 10. The van der Waals surface area contributed by atoms with Gasteiger partial charge in [0.1, 0.15) is 23.0 Å². The van der Waals surface area contributed by atoms with Crippen LogP contribution >= 0.6 is 0 Å². The quantitative estimate of drug-likeness (QED) is 0.0267. The summed E-state index contributed by atoms with van der Waals surface area (Å²) in [6, 6.07) is 29.4. The summed E-state index contributed by atoms with van der Waals surface area (Å²) in [5, 5.41) is 1.41. The van der Waals surface area contributed by atoms with E-state index in [2.05, 4.69) is 13.8 Å². The number of esters is 4. The Morgan fingerprint density at radius 1 is 0.343 bits per heavy atom. The minimum atomic E-state index is -0.770. The molecule has 0 aliphatic heterocycles. The fraction of sp³-hybridized carbons (Fsp3) is 0.345. The van der Waals surface area contributed by atoms with E-state index in [9.17, 15) is 28.0 Å². The topological polar surface area (TPSA) is 124 Å². The summed E-state index contributed by atoms with van der Waals surface area (Å²) in [6.07, 6.45) is 18.3. The van der Waals surface area contributed by atoms with Crippen molar-refractivity contribution in [3.05, 3.63) is 155 Å². The minimum absolute atomic E-state index is 0.0110. The van der Waals surface area contributed by atoms with E-state index in [1.165, 1.54) is 137 Å². The fourth-order valence-electron chi connectivity index (χ4n) is 7.64. The van der Waals surface area contributed by atoms with Crippen molar-refractivity contribution in [1.82, 2.24) is 0 Å². The molecular formula is C58H62F2O10. The van der Waals surface area contributed by atoms with Crippen molar-refractivity contribution in [2.24, 2.45) is 0 Å². The minimum Gasteiger partial charge on any atom is -0.491 e. The van der Waals surface area contributed by atoms with Gasteiger partial charge in [-0.25, -0.2) is 28.0 Å². The van der Waals surface area contributed by atoms with Crippen molar-refractivity contribution in [2.75, 3.05) is 13.2 Å². The second-order valence-electron chi connectivity index (χ2n) is 17.2. The largest absolute Gasteiger partial charge is 0.491 e. The number of halogens is 2. The molecule has 0 spiro atoms. The van der Waals surface area contributed by atoms with Gasteiger partial charge >= 0.3 is 23.9 Å². The lowest BCUT2D eigenvalue weighted by molar-refractivity contribution is 0.0720. The highest BCUT2D eigenvalue weighted by Gasteiger charge is 2.17. The number of ether oxygens (including phenoxy) is 6. The Kier molecular flexibility index (Phi) is 20.8. The SMILES string of the molecule is CCCCCCCCCCOc1ccc(C(=O)Oc2ccc(C(=O)Oc3ccc4ccc(OC(=O)c5ccc(OC(=O)c6ccc(OCCCCCCCCCC)c(F)c6)cc5)cc4c3)cc2)cc1F. The van der Waals surface area contributed by atoms with E-state index in [0.717, 1.165) is 56.0 Å². The molecule has 12 heteroatoms. The number of fused-ring (bicyclic) bond motifs is 1. The van der Waals surface area contributed by atoms with Crippen LogP contribution in [0.1, 0.15) is 158 Å². The molecule has 0 atom stereocenters. The molecule has 0 N–H and O–H groups in total. The van der Waals surface area contributed by atoms with Crippen LogP contribution in [-0.4, -0.2) is 37.1 Å². The normalized spacial score (nSPS) is 11.0. The van der Waals surface area contributed by atoms with Gasteiger partial charge in [-0.2, -0.15) is 0 Å². The molecular weight excluding hydrogens is 895 g/mol. The standard InChI is InChI=1S/C58H62F2O10/c1-3-5-7-9-11-13-15-17-35-65-53-33-25-44(39-51(53)59)57(63)67-47-27-21-42(22-28-47)55(61)69-49-31-19-41-20-32-50(38-46(41)37-49)70-56(62)43-23-29-48(30-24-43)68-58(64)45-26-34-54(52(60)40-45)66-36-18-16-14-12-10-8-6-4-2/h19-34,37-40H,3-18,35-36H2,1-2H3. The summed E-state index contributed by atoms with van der Waals surface area (Å²) in [6.45, 7) is 5.18. The third-order valence-electron chi connectivity index (χ3n) is 11.7. The van der Waals surface area contributed by atoms with Crippen molar-refractivity contribution >= 4 is 34.6 Å². The van der Waals surface area contributed by atoms with Crippen molar-refractivity contribution in [1.29, 1.82) is 0 Å². The zero-order valence-corrected chi connectivity index (χ0v) is 40.1. The third-order valence-corrected chi connectivity index (χ3v) is 11.7. The number of carbonyl (C=O) groups excluding carboxylic acids is 4. The Bertz CT molecular complexity index is 2470. The number of benzene rings is 6. The maximum absolute atomic E-state index is 14.8. The molecule has 0 amide bonds. The highest BCUT2D eigenvalue weighted by molar-refractivity contribution is 5.95. The van der Waals surface area contributed by atoms with E-state index in [1.54, 1.807) is 36.4 Å². The highest BCUT2D eigenvalue weighted by Crippen LogP contribution is 2.28. The predicted octanol–water partition coefficient (Wildman–Crippen LogP) is 15.0. The van der Waals surface area contributed by atoms with E-state index in [4.69, 9.17) is 28.4 Å². The first-order valence-corrected chi connectivity index (χ1v) is 24.6. The van der Waals surface area contributed by atoms with E-state index in [1.807, 2.05) is 0 Å². The van der Waals surface area contributed by atoms with Crippen LogP contribution < -0.4 is 28.4 Å². The van der Waals surface area contributed by atoms with Crippen LogP contribution in [0.3, 0.4) is 0 Å². The summed E-state index contributed by atoms with van der Waals surface area (Å²) in [5.41, 5.74) is 0.392. The van der Waals surface area contributed by atoms with Gasteiger partial charge in [-0.3, -0.25) is 0 Å². The van der Waals surface area contributed by atoms with Crippen LogP contribution in [0.5, 0.6) is 34.5 Å². The van der Waals surface area contributed by atoms with E-state index >= 15 is 0 Å². The molecule has 0 heterocycles. The summed E-state index contributed by atoms with van der Waals surface area (Å²) < 4.78 is 62.8. The molecule has 0 saturated heterocycles. The van der Waals surface area contributed by atoms with E-state index in [0.29, 0.717) is 18.6 Å². The smallest absolute Gasteiger partial charge is 0.343 e. The molecule has 0 aliphatic carbocycles. The number of hydrogen-bond donors (Lipinski definition) is 0. The maximum atomic E-state index is 14.8. The Hall–Kier alpha value is -7.08. The first kappa shape index (κ1) is 52.3. The number of rotatable bonds is 28. The molecule has 0 fully saturated rings. The second-order valence-corrected chi connectivity index (χ2v) is 17.2. The van der Waals surface area contributed by atoms with Crippen molar-refractivity contribution in [3.63, 3.8) is 0 Å².